The van der Waals surface area contributed by atoms with Crippen molar-refractivity contribution in [3.8, 4) is 0 Å². The van der Waals surface area contributed by atoms with Crippen LogP contribution in [-0.2, 0) is 0 Å². The summed E-state index contributed by atoms with van der Waals surface area (Å²) >= 11 is 1.56. The molecule has 94 valence electrons. The first-order chi connectivity index (χ1) is 8.29. The van der Waals surface area contributed by atoms with Crippen LogP contribution in [0.4, 0.5) is 4.39 Å². The van der Waals surface area contributed by atoms with Crippen molar-refractivity contribution in [1.29, 1.82) is 0 Å². The number of hydrogen-bond donors (Lipinski definition) is 1. The Kier molecular flexibility index (Phi) is 4.83. The fraction of sp³-hybridized carbons (Fsp3) is 0.538. The summed E-state index contributed by atoms with van der Waals surface area (Å²) in [5.41, 5.74) is 0. The second-order valence-corrected chi connectivity index (χ2v) is 5.55. The van der Waals surface area contributed by atoms with Crippen molar-refractivity contribution in [3.05, 3.63) is 30.1 Å². The molecule has 1 saturated heterocycles. The zero-order chi connectivity index (χ0) is 12.1. The Labute approximate surface area is 106 Å². The standard InChI is InChI=1S/C13H18FNOS/c14-12-3-1-2-4-13(12)17-8-7-15-6-5-11(9-15)10-16/h1-4,11,16H,5-10H2. The minimum absolute atomic E-state index is 0.132. The van der Waals surface area contributed by atoms with Gasteiger partial charge in [-0.05, 0) is 31.0 Å². The van der Waals surface area contributed by atoms with Crippen molar-refractivity contribution in [2.24, 2.45) is 5.92 Å². The Balaban J connectivity index is 1.72. The van der Waals surface area contributed by atoms with Crippen LogP contribution in [0.3, 0.4) is 0 Å². The predicted octanol–water partition coefficient (Wildman–Crippen LogP) is 2.23. The van der Waals surface area contributed by atoms with E-state index in [1.54, 1.807) is 17.8 Å². The SMILES string of the molecule is OCC1CCN(CCSc2ccccc2F)C1. The summed E-state index contributed by atoms with van der Waals surface area (Å²) in [5, 5.41) is 9.04. The van der Waals surface area contributed by atoms with Crippen LogP contribution in [-0.4, -0.2) is 42.0 Å². The van der Waals surface area contributed by atoms with E-state index in [1.165, 1.54) is 6.07 Å². The molecular weight excluding hydrogens is 237 g/mol. The van der Waals surface area contributed by atoms with Crippen molar-refractivity contribution in [3.63, 3.8) is 0 Å². The van der Waals surface area contributed by atoms with Crippen LogP contribution in [0.25, 0.3) is 0 Å². The molecule has 0 amide bonds. The van der Waals surface area contributed by atoms with Gasteiger partial charge in [-0.1, -0.05) is 12.1 Å². The summed E-state index contributed by atoms with van der Waals surface area (Å²) in [4.78, 5) is 3.07. The van der Waals surface area contributed by atoms with Gasteiger partial charge in [-0.3, -0.25) is 0 Å². The van der Waals surface area contributed by atoms with Crippen LogP contribution in [0.2, 0.25) is 0 Å². The van der Waals surface area contributed by atoms with Gasteiger partial charge >= 0.3 is 0 Å². The molecule has 1 aromatic rings. The lowest BCUT2D eigenvalue weighted by Gasteiger charge is -2.15. The maximum absolute atomic E-state index is 13.3. The molecule has 1 unspecified atom stereocenters. The van der Waals surface area contributed by atoms with Crippen LogP contribution in [0.1, 0.15) is 6.42 Å². The quantitative estimate of drug-likeness (QED) is 0.816. The number of halogens is 1. The molecule has 2 rings (SSSR count). The van der Waals surface area contributed by atoms with Crippen molar-refractivity contribution in [2.45, 2.75) is 11.3 Å². The second kappa shape index (κ2) is 6.38. The molecule has 1 fully saturated rings. The lowest BCUT2D eigenvalue weighted by molar-refractivity contribution is 0.224. The van der Waals surface area contributed by atoms with Gasteiger partial charge in [0.25, 0.3) is 0 Å². The van der Waals surface area contributed by atoms with E-state index in [-0.39, 0.29) is 12.4 Å². The zero-order valence-corrected chi connectivity index (χ0v) is 10.6. The lowest BCUT2D eigenvalue weighted by atomic mass is 10.1. The number of nitrogens with zero attached hydrogens (tertiary/aromatic N) is 1. The molecule has 4 heteroatoms. The maximum Gasteiger partial charge on any atom is 0.136 e. The van der Waals surface area contributed by atoms with E-state index in [4.69, 9.17) is 5.11 Å². The zero-order valence-electron chi connectivity index (χ0n) is 9.81. The maximum atomic E-state index is 13.3. The molecule has 1 atom stereocenters. The summed E-state index contributed by atoms with van der Waals surface area (Å²) in [5.74, 6) is 1.21. The number of benzene rings is 1. The number of hydrogen-bond acceptors (Lipinski definition) is 3. The minimum Gasteiger partial charge on any atom is -0.396 e. The highest BCUT2D eigenvalue weighted by atomic mass is 32.2. The molecular formula is C13H18FNOS. The summed E-state index contributed by atoms with van der Waals surface area (Å²) < 4.78 is 13.3. The molecule has 0 radical (unpaired) electrons. The van der Waals surface area contributed by atoms with E-state index in [2.05, 4.69) is 4.90 Å². The third kappa shape index (κ3) is 3.69. The molecule has 1 heterocycles. The molecule has 1 aliphatic heterocycles. The molecule has 2 nitrogen and oxygen atoms in total. The molecule has 1 aromatic carbocycles. The average Bonchev–Trinajstić information content (AvgIpc) is 2.80. The number of rotatable bonds is 5. The predicted molar refractivity (Wildman–Crippen MR) is 68.8 cm³/mol. The van der Waals surface area contributed by atoms with Crippen LogP contribution in [0.15, 0.2) is 29.2 Å². The average molecular weight is 255 g/mol. The first-order valence-electron chi connectivity index (χ1n) is 6.00. The van der Waals surface area contributed by atoms with E-state index in [0.29, 0.717) is 5.92 Å². The van der Waals surface area contributed by atoms with Crippen molar-refractivity contribution < 1.29 is 9.50 Å². The van der Waals surface area contributed by atoms with E-state index in [0.717, 1.165) is 36.7 Å². The Morgan fingerprint density at radius 3 is 2.94 bits per heavy atom. The van der Waals surface area contributed by atoms with Crippen molar-refractivity contribution >= 4 is 11.8 Å². The molecule has 1 aliphatic rings. The third-order valence-corrected chi connectivity index (χ3v) is 4.16. The van der Waals surface area contributed by atoms with Gasteiger partial charge in [0.1, 0.15) is 5.82 Å². The highest BCUT2D eigenvalue weighted by Crippen LogP contribution is 2.22. The molecule has 0 spiro atoms. The lowest BCUT2D eigenvalue weighted by Crippen LogP contribution is -2.24. The fourth-order valence-corrected chi connectivity index (χ4v) is 3.06. The van der Waals surface area contributed by atoms with Gasteiger partial charge in [0.15, 0.2) is 0 Å². The van der Waals surface area contributed by atoms with Gasteiger partial charge in [-0.2, -0.15) is 0 Å². The summed E-state index contributed by atoms with van der Waals surface area (Å²) in [6.07, 6.45) is 1.08. The number of thioether (sulfide) groups is 1. The number of aliphatic hydroxyl groups excluding tert-OH is 1. The highest BCUT2D eigenvalue weighted by molar-refractivity contribution is 7.99. The van der Waals surface area contributed by atoms with Gasteiger partial charge in [-0.15, -0.1) is 11.8 Å². The monoisotopic (exact) mass is 255 g/mol. The first-order valence-corrected chi connectivity index (χ1v) is 6.98. The smallest absolute Gasteiger partial charge is 0.136 e. The molecule has 0 bridgehead atoms. The topological polar surface area (TPSA) is 23.5 Å². The molecule has 0 aromatic heterocycles. The number of aliphatic hydroxyl groups is 1. The van der Waals surface area contributed by atoms with Crippen molar-refractivity contribution in [2.75, 3.05) is 32.0 Å². The van der Waals surface area contributed by atoms with Crippen LogP contribution in [0.5, 0.6) is 0 Å². The Hall–Kier alpha value is -0.580. The second-order valence-electron chi connectivity index (χ2n) is 4.42. The highest BCUT2D eigenvalue weighted by Gasteiger charge is 2.20. The van der Waals surface area contributed by atoms with Gasteiger partial charge in [0.05, 0.1) is 0 Å². The molecule has 0 aliphatic carbocycles. The van der Waals surface area contributed by atoms with Crippen LogP contribution < -0.4 is 0 Å². The number of likely N-dealkylation sites (tertiary alicyclic amines) is 1. The largest absolute Gasteiger partial charge is 0.396 e. The Morgan fingerprint density at radius 1 is 1.41 bits per heavy atom. The van der Waals surface area contributed by atoms with E-state index in [1.807, 2.05) is 12.1 Å². The molecule has 0 saturated carbocycles. The van der Waals surface area contributed by atoms with Crippen LogP contribution in [0, 0.1) is 11.7 Å². The Bertz CT molecular complexity index is 361. The van der Waals surface area contributed by atoms with E-state index < -0.39 is 0 Å². The van der Waals surface area contributed by atoms with E-state index in [9.17, 15) is 4.39 Å². The molecule has 17 heavy (non-hydrogen) atoms. The summed E-state index contributed by atoms with van der Waals surface area (Å²) in [6.45, 7) is 3.30. The molecule has 1 N–H and O–H groups in total. The van der Waals surface area contributed by atoms with Gasteiger partial charge in [0.2, 0.25) is 0 Å². The normalized spacial score (nSPS) is 20.9. The van der Waals surface area contributed by atoms with E-state index >= 15 is 0 Å². The Morgan fingerprint density at radius 2 is 2.24 bits per heavy atom. The fourth-order valence-electron chi connectivity index (χ4n) is 2.11. The van der Waals surface area contributed by atoms with Crippen LogP contribution >= 0.6 is 11.8 Å². The van der Waals surface area contributed by atoms with Crippen molar-refractivity contribution in [1.82, 2.24) is 4.90 Å². The van der Waals surface area contributed by atoms with Gasteiger partial charge in [-0.25, -0.2) is 4.39 Å². The summed E-state index contributed by atoms with van der Waals surface area (Å²) in [6, 6.07) is 6.90. The third-order valence-electron chi connectivity index (χ3n) is 3.13. The first kappa shape index (κ1) is 12.9. The summed E-state index contributed by atoms with van der Waals surface area (Å²) in [7, 11) is 0. The van der Waals surface area contributed by atoms with Gasteiger partial charge in [0, 0.05) is 30.3 Å². The van der Waals surface area contributed by atoms with Gasteiger partial charge < -0.3 is 10.0 Å². The minimum atomic E-state index is -0.132.